The molecule has 0 saturated carbocycles. The lowest BCUT2D eigenvalue weighted by atomic mass is 10.2. The largest absolute Gasteiger partial charge is 0.459 e. The molecule has 3 atom stereocenters. The van der Waals surface area contributed by atoms with Crippen LogP contribution >= 0.6 is 0 Å². The van der Waals surface area contributed by atoms with E-state index in [1.54, 1.807) is 24.3 Å². The molecule has 6 nitrogen and oxygen atoms in total. The van der Waals surface area contributed by atoms with Crippen molar-refractivity contribution >= 4 is 17.6 Å². The second-order valence-corrected chi connectivity index (χ2v) is 6.67. The maximum atomic E-state index is 12.2. The fourth-order valence-electron chi connectivity index (χ4n) is 2.94. The topological polar surface area (TPSA) is 69.1 Å². The fourth-order valence-corrected chi connectivity index (χ4v) is 2.94. The Bertz CT molecular complexity index is 561. The van der Waals surface area contributed by atoms with E-state index in [2.05, 4.69) is 5.32 Å². The second kappa shape index (κ2) is 8.26. The first-order valence-electron chi connectivity index (χ1n) is 8.43. The van der Waals surface area contributed by atoms with Gasteiger partial charge in [-0.2, -0.15) is 0 Å². The Balaban J connectivity index is 1.86. The first-order valence-corrected chi connectivity index (χ1v) is 8.43. The number of carbonyl (C=O) groups is 2. The highest BCUT2D eigenvalue weighted by molar-refractivity contribution is 5.93. The summed E-state index contributed by atoms with van der Waals surface area (Å²) in [5.41, 5.74) is 1.15. The molecule has 1 saturated heterocycles. The molecule has 1 aromatic rings. The fraction of sp³-hybridized carbons (Fsp3) is 0.556. The summed E-state index contributed by atoms with van der Waals surface area (Å²) in [5, 5.41) is 2.87. The highest BCUT2D eigenvalue weighted by Gasteiger charge is 2.27. The third-order valence-corrected chi connectivity index (χ3v) is 3.77. The molecule has 1 heterocycles. The van der Waals surface area contributed by atoms with E-state index in [9.17, 15) is 9.59 Å². The quantitative estimate of drug-likeness (QED) is 0.784. The Morgan fingerprint density at radius 2 is 1.79 bits per heavy atom. The molecule has 1 amide bonds. The van der Waals surface area contributed by atoms with Gasteiger partial charge in [0.1, 0.15) is 25.3 Å². The molecule has 0 radical (unpaired) electrons. The number of rotatable bonds is 5. The number of ether oxygens (including phenoxy) is 2. The van der Waals surface area contributed by atoms with Crippen LogP contribution in [0.1, 0.15) is 38.1 Å². The smallest absolute Gasteiger partial charge is 0.338 e. The summed E-state index contributed by atoms with van der Waals surface area (Å²) < 4.78 is 10.8. The van der Waals surface area contributed by atoms with E-state index in [0.717, 1.165) is 13.1 Å². The first-order chi connectivity index (χ1) is 11.3. The Kier molecular flexibility index (Phi) is 6.34. The Hall–Kier alpha value is -1.92. The molecule has 0 aliphatic carbocycles. The standard InChI is InChI=1S/C18H26N2O4/c1-12(2)23-18(22)15-5-7-16(8-6-15)19-17(21)11-20-9-13(3)24-14(4)10-20/h5-8,12-14H,9-11H2,1-4H3,(H,19,21)/p+1/t13-,14+. The second-order valence-electron chi connectivity index (χ2n) is 6.67. The Labute approximate surface area is 143 Å². The van der Waals surface area contributed by atoms with Gasteiger partial charge in [0.15, 0.2) is 6.54 Å². The number of morpholine rings is 1. The number of carbonyl (C=O) groups excluding carboxylic acids is 2. The lowest BCUT2D eigenvalue weighted by Gasteiger charge is -2.31. The number of quaternary nitrogens is 1. The molecule has 0 spiro atoms. The van der Waals surface area contributed by atoms with E-state index < -0.39 is 0 Å². The van der Waals surface area contributed by atoms with E-state index in [4.69, 9.17) is 9.47 Å². The summed E-state index contributed by atoms with van der Waals surface area (Å²) in [7, 11) is 0. The van der Waals surface area contributed by atoms with Crippen molar-refractivity contribution in [2.45, 2.75) is 46.0 Å². The minimum atomic E-state index is -0.358. The molecular formula is C18H27N2O4+. The van der Waals surface area contributed by atoms with E-state index in [-0.39, 0.29) is 30.2 Å². The van der Waals surface area contributed by atoms with Crippen molar-refractivity contribution in [3.8, 4) is 0 Å². The molecule has 0 bridgehead atoms. The zero-order chi connectivity index (χ0) is 17.7. The molecule has 1 fully saturated rings. The van der Waals surface area contributed by atoms with Gasteiger partial charge in [0, 0.05) is 5.69 Å². The van der Waals surface area contributed by atoms with Gasteiger partial charge >= 0.3 is 5.97 Å². The van der Waals surface area contributed by atoms with Gasteiger partial charge in [0.25, 0.3) is 5.91 Å². The third-order valence-electron chi connectivity index (χ3n) is 3.77. The van der Waals surface area contributed by atoms with Crippen LogP contribution < -0.4 is 10.2 Å². The van der Waals surface area contributed by atoms with Crippen LogP contribution in [0.15, 0.2) is 24.3 Å². The lowest BCUT2D eigenvalue weighted by Crippen LogP contribution is -3.16. The predicted molar refractivity (Wildman–Crippen MR) is 91.2 cm³/mol. The Morgan fingerprint density at radius 1 is 1.21 bits per heavy atom. The van der Waals surface area contributed by atoms with Crippen LogP contribution in [0.25, 0.3) is 0 Å². The van der Waals surface area contributed by atoms with Gasteiger partial charge in [0.05, 0.1) is 11.7 Å². The summed E-state index contributed by atoms with van der Waals surface area (Å²) in [5.74, 6) is -0.396. The van der Waals surface area contributed by atoms with E-state index >= 15 is 0 Å². The molecule has 0 aromatic heterocycles. The van der Waals surface area contributed by atoms with Crippen molar-refractivity contribution in [3.63, 3.8) is 0 Å². The van der Waals surface area contributed by atoms with Crippen LogP contribution in [0.4, 0.5) is 5.69 Å². The minimum Gasteiger partial charge on any atom is -0.459 e. The number of anilines is 1. The third kappa shape index (κ3) is 5.62. The van der Waals surface area contributed by atoms with Gasteiger partial charge in [-0.25, -0.2) is 4.79 Å². The van der Waals surface area contributed by atoms with E-state index in [1.807, 2.05) is 27.7 Å². The number of benzene rings is 1. The monoisotopic (exact) mass is 335 g/mol. The molecule has 6 heteroatoms. The van der Waals surface area contributed by atoms with Gasteiger partial charge in [-0.05, 0) is 52.0 Å². The summed E-state index contributed by atoms with van der Waals surface area (Å²) in [6, 6.07) is 6.75. The molecule has 2 N–H and O–H groups in total. The normalized spacial score (nSPS) is 23.8. The lowest BCUT2D eigenvalue weighted by molar-refractivity contribution is -0.907. The zero-order valence-electron chi connectivity index (χ0n) is 14.8. The average molecular weight is 335 g/mol. The molecule has 1 aliphatic rings. The van der Waals surface area contributed by atoms with Crippen molar-refractivity contribution in [1.29, 1.82) is 0 Å². The number of esters is 1. The molecule has 1 aromatic carbocycles. The Morgan fingerprint density at radius 3 is 2.33 bits per heavy atom. The van der Waals surface area contributed by atoms with Crippen molar-refractivity contribution in [3.05, 3.63) is 29.8 Å². The molecule has 1 unspecified atom stereocenters. The van der Waals surface area contributed by atoms with Crippen LogP contribution in [-0.2, 0) is 14.3 Å². The van der Waals surface area contributed by atoms with Gasteiger partial charge in [0.2, 0.25) is 0 Å². The molecule has 2 rings (SSSR count). The van der Waals surface area contributed by atoms with Crippen molar-refractivity contribution < 1.29 is 24.0 Å². The van der Waals surface area contributed by atoms with Gasteiger partial charge in [-0.15, -0.1) is 0 Å². The minimum absolute atomic E-state index is 0.0381. The SMILES string of the molecule is CC(C)OC(=O)c1ccc(NC(=O)C[NH+]2C[C@@H](C)O[C@@H](C)C2)cc1. The van der Waals surface area contributed by atoms with Crippen LogP contribution in [0.5, 0.6) is 0 Å². The zero-order valence-corrected chi connectivity index (χ0v) is 14.8. The first kappa shape index (κ1) is 18.4. The van der Waals surface area contributed by atoms with E-state index in [0.29, 0.717) is 17.8 Å². The van der Waals surface area contributed by atoms with Crippen LogP contribution in [-0.4, -0.2) is 49.8 Å². The van der Waals surface area contributed by atoms with Crippen LogP contribution in [0.2, 0.25) is 0 Å². The number of nitrogens with one attached hydrogen (secondary N) is 2. The van der Waals surface area contributed by atoms with Crippen LogP contribution in [0, 0.1) is 0 Å². The summed E-state index contributed by atoms with van der Waals surface area (Å²) in [6.07, 6.45) is 0.184. The molecule has 1 aliphatic heterocycles. The predicted octanol–water partition coefficient (Wildman–Crippen LogP) is 0.882. The maximum absolute atomic E-state index is 12.2. The van der Waals surface area contributed by atoms with Crippen molar-refractivity contribution in [2.75, 3.05) is 25.0 Å². The average Bonchev–Trinajstić information content (AvgIpc) is 2.45. The van der Waals surface area contributed by atoms with Crippen molar-refractivity contribution in [2.24, 2.45) is 0 Å². The number of amides is 1. The summed E-state index contributed by atoms with van der Waals surface area (Å²) in [6.45, 7) is 9.75. The number of hydrogen-bond acceptors (Lipinski definition) is 4. The highest BCUT2D eigenvalue weighted by Crippen LogP contribution is 2.11. The van der Waals surface area contributed by atoms with Crippen molar-refractivity contribution in [1.82, 2.24) is 0 Å². The summed E-state index contributed by atoms with van der Waals surface area (Å²) in [4.78, 5) is 25.2. The highest BCUT2D eigenvalue weighted by atomic mass is 16.5. The molecule has 24 heavy (non-hydrogen) atoms. The molecular weight excluding hydrogens is 308 g/mol. The van der Waals surface area contributed by atoms with Crippen LogP contribution in [0.3, 0.4) is 0 Å². The number of hydrogen-bond donors (Lipinski definition) is 2. The maximum Gasteiger partial charge on any atom is 0.338 e. The summed E-state index contributed by atoms with van der Waals surface area (Å²) >= 11 is 0. The van der Waals surface area contributed by atoms with Gasteiger partial charge in [-0.1, -0.05) is 0 Å². The van der Waals surface area contributed by atoms with E-state index in [1.165, 1.54) is 4.90 Å². The molecule has 132 valence electrons. The van der Waals surface area contributed by atoms with Gasteiger partial charge < -0.3 is 19.7 Å². The van der Waals surface area contributed by atoms with Gasteiger partial charge in [-0.3, -0.25) is 4.79 Å².